The molecule has 1 saturated heterocycles. The Morgan fingerprint density at radius 2 is 2.06 bits per heavy atom. The first kappa shape index (κ1) is 21.4. The van der Waals surface area contributed by atoms with Gasteiger partial charge >= 0.3 is 6.18 Å². The van der Waals surface area contributed by atoms with Gasteiger partial charge in [0.2, 0.25) is 0 Å². The Kier molecular flexibility index (Phi) is 5.29. The minimum Gasteiger partial charge on any atom is -0.464 e. The topological polar surface area (TPSA) is 93.6 Å². The Hall–Kier alpha value is -3.44. The molecule has 0 saturated carbocycles. The lowest BCUT2D eigenvalue weighted by molar-refractivity contribution is -0.141. The molecule has 1 N–H and O–H groups in total. The van der Waals surface area contributed by atoms with Crippen LogP contribution in [-0.2, 0) is 11.3 Å². The first-order valence-electron chi connectivity index (χ1n) is 10.2. The molecule has 1 unspecified atom stereocenters. The molecular formula is C22H19F3N4O4. The van der Waals surface area contributed by atoms with Crippen LogP contribution in [0.25, 0.3) is 33.1 Å². The number of carbonyl (C=O) groups excluding carboxylic acids is 1. The molecular weight excluding hydrogens is 441 g/mol. The van der Waals surface area contributed by atoms with Gasteiger partial charge in [0.1, 0.15) is 29.8 Å². The molecule has 1 amide bonds. The summed E-state index contributed by atoms with van der Waals surface area (Å²) in [4.78, 5) is 18.6. The summed E-state index contributed by atoms with van der Waals surface area (Å²) in [7, 11) is 0. The lowest BCUT2D eigenvalue weighted by Crippen LogP contribution is -2.38. The number of ether oxygens (including phenoxy) is 1. The summed E-state index contributed by atoms with van der Waals surface area (Å²) < 4.78 is 51.5. The summed E-state index contributed by atoms with van der Waals surface area (Å²) in [6.07, 6.45) is -2.57. The number of aliphatic hydroxyl groups is 1. The fourth-order valence-electron chi connectivity index (χ4n) is 3.98. The number of amides is 1. The smallest absolute Gasteiger partial charge is 0.408 e. The Labute approximate surface area is 185 Å². The highest BCUT2D eigenvalue weighted by molar-refractivity contribution is 6.03. The molecule has 0 aliphatic carbocycles. The first-order valence-corrected chi connectivity index (χ1v) is 10.2. The average Bonchev–Trinajstić information content (AvgIpc) is 3.27. The number of rotatable bonds is 3. The second-order valence-electron chi connectivity index (χ2n) is 7.83. The van der Waals surface area contributed by atoms with Crippen molar-refractivity contribution in [2.24, 2.45) is 0 Å². The number of alkyl halides is 3. The second-order valence-corrected chi connectivity index (χ2v) is 7.83. The average molecular weight is 460 g/mol. The third-order valence-corrected chi connectivity index (χ3v) is 5.45. The van der Waals surface area contributed by atoms with Gasteiger partial charge in [-0.25, -0.2) is 0 Å². The summed E-state index contributed by atoms with van der Waals surface area (Å²) in [5.74, 6) is -0.503. The van der Waals surface area contributed by atoms with Gasteiger partial charge in [0.25, 0.3) is 5.91 Å². The van der Waals surface area contributed by atoms with E-state index in [9.17, 15) is 23.1 Å². The van der Waals surface area contributed by atoms with Crippen molar-refractivity contribution in [1.29, 1.82) is 0 Å². The van der Waals surface area contributed by atoms with E-state index in [1.165, 1.54) is 23.4 Å². The minimum absolute atomic E-state index is 0.0384. The van der Waals surface area contributed by atoms with E-state index in [0.717, 1.165) is 4.68 Å². The number of furan rings is 1. The molecule has 172 valence electrons. The zero-order chi connectivity index (χ0) is 23.2. The number of para-hydroxylation sites is 1. The van der Waals surface area contributed by atoms with Crippen molar-refractivity contribution in [1.82, 2.24) is 19.7 Å². The van der Waals surface area contributed by atoms with E-state index in [2.05, 4.69) is 10.1 Å². The molecule has 0 bridgehead atoms. The van der Waals surface area contributed by atoms with Crippen LogP contribution in [0.15, 0.2) is 47.2 Å². The van der Waals surface area contributed by atoms with Crippen LogP contribution in [0, 0.1) is 0 Å². The number of fused-ring (bicyclic) bond motifs is 2. The fraction of sp³-hybridized carbons (Fsp3) is 0.318. The van der Waals surface area contributed by atoms with Crippen LogP contribution in [0.3, 0.4) is 0 Å². The van der Waals surface area contributed by atoms with E-state index in [1.807, 2.05) is 0 Å². The molecule has 4 aromatic rings. The molecule has 0 radical (unpaired) electrons. The van der Waals surface area contributed by atoms with E-state index in [-0.39, 0.29) is 43.2 Å². The SMILES string of the molecule is O=C(c1cc2c(cn1)c(-c1coc3ccccc13)nn2CC(F)(F)F)N1CCOCC(O)C1. The van der Waals surface area contributed by atoms with Crippen LogP contribution >= 0.6 is 0 Å². The normalized spacial score (nSPS) is 17.6. The van der Waals surface area contributed by atoms with Crippen LogP contribution in [-0.4, -0.2) is 69.3 Å². The molecule has 1 aliphatic heterocycles. The Bertz CT molecular complexity index is 1330. The van der Waals surface area contributed by atoms with Crippen LogP contribution < -0.4 is 0 Å². The Morgan fingerprint density at radius 3 is 2.88 bits per heavy atom. The zero-order valence-corrected chi connectivity index (χ0v) is 17.2. The van der Waals surface area contributed by atoms with Gasteiger partial charge in [-0.1, -0.05) is 18.2 Å². The predicted molar refractivity (Wildman–Crippen MR) is 112 cm³/mol. The highest BCUT2D eigenvalue weighted by atomic mass is 19.4. The number of carbonyl (C=O) groups is 1. The predicted octanol–water partition coefficient (Wildman–Crippen LogP) is 3.24. The molecule has 0 spiro atoms. The minimum atomic E-state index is -4.52. The van der Waals surface area contributed by atoms with Gasteiger partial charge in [0, 0.05) is 35.6 Å². The molecule has 5 rings (SSSR count). The molecule has 4 heterocycles. The van der Waals surface area contributed by atoms with Crippen molar-refractivity contribution in [3.05, 3.63) is 48.5 Å². The number of β-amino-alcohol motifs (C(OH)–C–C–N with tert-alkyl or cyclic N) is 1. The quantitative estimate of drug-likeness (QED) is 0.505. The van der Waals surface area contributed by atoms with Gasteiger partial charge in [-0.3, -0.25) is 14.5 Å². The van der Waals surface area contributed by atoms with E-state index in [0.29, 0.717) is 21.9 Å². The zero-order valence-electron chi connectivity index (χ0n) is 17.2. The van der Waals surface area contributed by atoms with Gasteiger partial charge in [-0.2, -0.15) is 18.3 Å². The third-order valence-electron chi connectivity index (χ3n) is 5.45. The molecule has 3 aromatic heterocycles. The number of aromatic nitrogens is 3. The molecule has 1 aromatic carbocycles. The molecule has 1 fully saturated rings. The maximum absolute atomic E-state index is 13.3. The number of nitrogens with zero attached hydrogens (tertiary/aromatic N) is 4. The van der Waals surface area contributed by atoms with Gasteiger partial charge in [-0.15, -0.1) is 0 Å². The van der Waals surface area contributed by atoms with E-state index < -0.39 is 24.7 Å². The van der Waals surface area contributed by atoms with Crippen LogP contribution in [0.2, 0.25) is 0 Å². The second kappa shape index (κ2) is 8.16. The number of hydrogen-bond acceptors (Lipinski definition) is 6. The summed E-state index contributed by atoms with van der Waals surface area (Å²) >= 11 is 0. The summed E-state index contributed by atoms with van der Waals surface area (Å²) in [6, 6.07) is 8.44. The van der Waals surface area contributed by atoms with Crippen LogP contribution in [0.1, 0.15) is 10.5 Å². The van der Waals surface area contributed by atoms with Gasteiger partial charge in [-0.05, 0) is 12.1 Å². The van der Waals surface area contributed by atoms with E-state index in [4.69, 9.17) is 9.15 Å². The van der Waals surface area contributed by atoms with Crippen molar-refractivity contribution in [3.8, 4) is 11.3 Å². The number of hydrogen-bond donors (Lipinski definition) is 1. The maximum atomic E-state index is 13.3. The largest absolute Gasteiger partial charge is 0.464 e. The lowest BCUT2D eigenvalue weighted by atomic mass is 10.1. The Balaban J connectivity index is 1.61. The highest BCUT2D eigenvalue weighted by Crippen LogP contribution is 2.35. The fourth-order valence-corrected chi connectivity index (χ4v) is 3.98. The number of halogens is 3. The summed E-state index contributed by atoms with van der Waals surface area (Å²) in [5, 5.41) is 15.2. The number of benzene rings is 1. The van der Waals surface area contributed by atoms with Crippen molar-refractivity contribution in [2.45, 2.75) is 18.8 Å². The monoisotopic (exact) mass is 460 g/mol. The standard InChI is InChI=1S/C22H19F3N4O4/c23-22(24,25)12-29-18-7-17(21(31)28-5-6-32-10-13(30)9-28)26-8-15(18)20(27-29)16-11-33-19-4-2-1-3-14(16)19/h1-4,7-8,11,13,30H,5-6,9-10,12H2. The van der Waals surface area contributed by atoms with Crippen molar-refractivity contribution >= 4 is 27.8 Å². The van der Waals surface area contributed by atoms with Crippen molar-refractivity contribution in [3.63, 3.8) is 0 Å². The summed E-state index contributed by atoms with van der Waals surface area (Å²) in [6.45, 7) is -0.686. The maximum Gasteiger partial charge on any atom is 0.408 e. The number of aliphatic hydroxyl groups excluding tert-OH is 1. The first-order chi connectivity index (χ1) is 15.8. The van der Waals surface area contributed by atoms with E-state index in [1.54, 1.807) is 24.3 Å². The van der Waals surface area contributed by atoms with Gasteiger partial charge in [0.15, 0.2) is 0 Å². The highest BCUT2D eigenvalue weighted by Gasteiger charge is 2.31. The molecule has 1 aliphatic rings. The van der Waals surface area contributed by atoms with Gasteiger partial charge in [0.05, 0.1) is 24.8 Å². The third kappa shape index (κ3) is 4.16. The molecule has 8 nitrogen and oxygen atoms in total. The Morgan fingerprint density at radius 1 is 1.24 bits per heavy atom. The van der Waals surface area contributed by atoms with Gasteiger partial charge < -0.3 is 19.2 Å². The van der Waals surface area contributed by atoms with E-state index >= 15 is 0 Å². The van der Waals surface area contributed by atoms with Crippen LogP contribution in [0.4, 0.5) is 13.2 Å². The molecule has 1 atom stereocenters. The summed E-state index contributed by atoms with van der Waals surface area (Å²) in [5.41, 5.74) is 1.48. The molecule has 11 heteroatoms. The lowest BCUT2D eigenvalue weighted by Gasteiger charge is -2.20. The van der Waals surface area contributed by atoms with Crippen LogP contribution in [0.5, 0.6) is 0 Å². The molecule has 33 heavy (non-hydrogen) atoms. The van der Waals surface area contributed by atoms with Crippen molar-refractivity contribution in [2.75, 3.05) is 26.3 Å². The van der Waals surface area contributed by atoms with Crippen molar-refractivity contribution < 1.29 is 32.2 Å². The number of pyridine rings is 1.